The Balaban J connectivity index is 4.37. The van der Waals surface area contributed by atoms with E-state index < -0.39 is 91.5 Å². The molecule has 0 fully saturated rings. The molecule has 0 rings (SSSR count). The maximum absolute atomic E-state index is 12.9. The van der Waals surface area contributed by atoms with Crippen LogP contribution in [-0.4, -0.2) is 95.9 Å². The molecule has 0 aromatic carbocycles. The lowest BCUT2D eigenvalue weighted by molar-refractivity contribution is -0.161. The molecule has 0 aromatic heterocycles. The summed E-state index contributed by atoms with van der Waals surface area (Å²) in [4.78, 5) is 58.7. The second kappa shape index (κ2) is 83.1. The van der Waals surface area contributed by atoms with Gasteiger partial charge in [-0.3, -0.25) is 32.5 Å². The monoisotopic (exact) mass is 1570 g/mol. The molecule has 0 saturated heterocycles. The number of hydrogen-bond donors (Lipinski definition) is 4. The van der Waals surface area contributed by atoms with Crippen LogP contribution in [0.15, 0.2) is 134 Å². The number of esters is 3. The van der Waals surface area contributed by atoms with Crippen molar-refractivity contribution in [1.29, 1.82) is 0 Å². The summed E-state index contributed by atoms with van der Waals surface area (Å²) < 4.78 is 61.2. The van der Waals surface area contributed by atoms with Gasteiger partial charge in [0.05, 0.1) is 26.4 Å². The molecule has 0 bridgehead atoms. The van der Waals surface area contributed by atoms with Crippen LogP contribution in [0.2, 0.25) is 0 Å². The quantitative estimate of drug-likeness (QED) is 0.0146. The summed E-state index contributed by atoms with van der Waals surface area (Å²) >= 11 is 0. The van der Waals surface area contributed by atoms with Crippen LogP contribution >= 0.6 is 15.6 Å². The van der Waals surface area contributed by atoms with Crippen LogP contribution in [0.1, 0.15) is 367 Å². The van der Waals surface area contributed by atoms with Gasteiger partial charge in [-0.1, -0.05) is 347 Å². The van der Waals surface area contributed by atoms with Crippen molar-refractivity contribution in [3.8, 4) is 0 Å². The van der Waals surface area contributed by atoms with Crippen LogP contribution in [0, 0.1) is 0 Å². The molecule has 16 nitrogen and oxygen atoms in total. The minimum atomic E-state index is -4.93. The average Bonchev–Trinajstić information content (AvgIpc) is 0.836. The van der Waals surface area contributed by atoms with E-state index in [9.17, 15) is 43.5 Å². The van der Waals surface area contributed by atoms with E-state index in [0.717, 1.165) is 148 Å². The molecule has 4 N–H and O–H groups in total. The summed E-state index contributed by atoms with van der Waals surface area (Å²) in [6, 6.07) is 0. The van der Waals surface area contributed by atoms with Gasteiger partial charge in [-0.05, 0) is 135 Å². The van der Waals surface area contributed by atoms with E-state index in [2.05, 4.69) is 154 Å². The Bertz CT molecular complexity index is 2510. The molecule has 0 aliphatic rings. The van der Waals surface area contributed by atoms with Gasteiger partial charge in [-0.15, -0.1) is 0 Å². The van der Waals surface area contributed by atoms with Crippen molar-refractivity contribution in [2.75, 3.05) is 39.6 Å². The molecular formula is C91H158O16P2. The molecule has 0 aromatic rings. The number of phosphoric acid groups is 2. The van der Waals surface area contributed by atoms with Gasteiger partial charge in [0.2, 0.25) is 0 Å². The number of aliphatic hydroxyl groups excluding tert-OH is 2. The first-order valence-electron chi connectivity index (χ1n) is 43.5. The van der Waals surface area contributed by atoms with Crippen molar-refractivity contribution in [2.45, 2.75) is 386 Å². The summed E-state index contributed by atoms with van der Waals surface area (Å²) in [6.07, 6.45) is 102. The van der Waals surface area contributed by atoms with Crippen molar-refractivity contribution in [2.24, 2.45) is 0 Å². The van der Waals surface area contributed by atoms with Gasteiger partial charge in [0.15, 0.2) is 6.10 Å². The zero-order chi connectivity index (χ0) is 79.4. The standard InChI is InChI=1S/C91H158O16P2/c1-4-7-10-13-16-19-22-24-26-28-30-32-34-36-38-40-41-42-43-45-47-48-50-52-54-56-58-60-63-65-68-71-74-77-89(94)101-80-86(92)81-103-108(97,98)104-82-87(93)83-105-109(99,100)106-85-88(107-91(96)79-76-73-70-67-62-21-18-15-12-9-6-3)84-102-90(95)78-75-72-69-66-64-61-59-57-55-53-51-49-46-44-39-37-35-33-31-29-27-25-23-20-17-14-11-8-5-2/h7,10,15-20,24-27,30-33,36-39,41-42,86-88,92-93H,4-6,8-9,11-14,21-23,28-29,34-35,40,43-85H2,1-3H3,(H,97,98)(H,99,100)/b10-7-,18-15-,19-16-,20-17-,26-24-,27-25-,32-30-,33-31-,38-36-,39-37-,42-41-. The summed E-state index contributed by atoms with van der Waals surface area (Å²) in [5.41, 5.74) is 0. The number of carbonyl (C=O) groups is 3. The van der Waals surface area contributed by atoms with Crippen LogP contribution in [0.4, 0.5) is 0 Å². The van der Waals surface area contributed by atoms with Crippen molar-refractivity contribution < 1.29 is 75.8 Å². The van der Waals surface area contributed by atoms with Gasteiger partial charge in [-0.25, -0.2) is 9.13 Å². The molecule has 628 valence electrons. The largest absolute Gasteiger partial charge is 0.472 e. The van der Waals surface area contributed by atoms with Gasteiger partial charge in [-0.2, -0.15) is 0 Å². The number of phosphoric ester groups is 2. The molecule has 109 heavy (non-hydrogen) atoms. The molecule has 0 heterocycles. The van der Waals surface area contributed by atoms with E-state index in [1.54, 1.807) is 0 Å². The maximum Gasteiger partial charge on any atom is 0.472 e. The number of unbranched alkanes of at least 4 members (excludes halogenated alkanes) is 37. The van der Waals surface area contributed by atoms with E-state index in [1.165, 1.54) is 161 Å². The zero-order valence-electron chi connectivity index (χ0n) is 68.9. The molecule has 0 amide bonds. The molecule has 0 radical (unpaired) electrons. The van der Waals surface area contributed by atoms with Crippen LogP contribution in [-0.2, 0) is 55.8 Å². The highest BCUT2D eigenvalue weighted by atomic mass is 31.2. The third kappa shape index (κ3) is 84.4. The minimum absolute atomic E-state index is 0.0938. The Hall–Kier alpha value is -4.31. The SMILES string of the molecule is CC/C=C\C/C=C\C/C=C\C/C=C\C/C=C\C/C=C\CCCCCCCCCCCCCCCCC(=O)OCC(O)COP(=O)(O)OCC(O)COP(=O)(O)OCC(COC(=O)CCCCCCCCCCCCCCC/C=C\C/C=C\C/C=C\C/C=C\CCCCC)OC(=O)CCCCCCC/C=C\CCCC. The Morgan fingerprint density at radius 3 is 0.807 bits per heavy atom. The number of aliphatic hydroxyl groups is 2. The Kier molecular flexibility index (Phi) is 79.8. The summed E-state index contributed by atoms with van der Waals surface area (Å²) in [5.74, 6) is -1.58. The highest BCUT2D eigenvalue weighted by Crippen LogP contribution is 2.45. The molecule has 0 saturated carbocycles. The third-order valence-corrected chi connectivity index (χ3v) is 20.2. The van der Waals surface area contributed by atoms with Gasteiger partial charge in [0, 0.05) is 19.3 Å². The Labute approximate surface area is 665 Å². The second-order valence-electron chi connectivity index (χ2n) is 29.0. The van der Waals surface area contributed by atoms with Crippen LogP contribution in [0.3, 0.4) is 0 Å². The van der Waals surface area contributed by atoms with Crippen molar-refractivity contribution in [3.63, 3.8) is 0 Å². The summed E-state index contributed by atoms with van der Waals surface area (Å²) in [7, 11) is -9.79. The lowest BCUT2D eigenvalue weighted by Gasteiger charge is -2.21. The fourth-order valence-corrected chi connectivity index (χ4v) is 13.3. The second-order valence-corrected chi connectivity index (χ2v) is 31.9. The fraction of sp³-hybridized carbons (Fsp3) is 0.725. The first kappa shape index (κ1) is 105. The van der Waals surface area contributed by atoms with E-state index >= 15 is 0 Å². The normalized spacial score (nSPS) is 14.5. The number of ether oxygens (including phenoxy) is 3. The zero-order valence-corrected chi connectivity index (χ0v) is 70.7. The number of rotatable bonds is 82. The number of allylic oxidation sites excluding steroid dienone is 22. The summed E-state index contributed by atoms with van der Waals surface area (Å²) in [5, 5.41) is 20.7. The van der Waals surface area contributed by atoms with Gasteiger partial charge in [0.25, 0.3) is 0 Å². The Morgan fingerprint density at radius 1 is 0.266 bits per heavy atom. The topological polar surface area (TPSA) is 231 Å². The van der Waals surface area contributed by atoms with Gasteiger partial charge >= 0.3 is 33.6 Å². The van der Waals surface area contributed by atoms with Crippen molar-refractivity contribution in [3.05, 3.63) is 134 Å². The predicted octanol–water partition coefficient (Wildman–Crippen LogP) is 26.2. The smallest absolute Gasteiger partial charge is 0.463 e. The van der Waals surface area contributed by atoms with Crippen LogP contribution < -0.4 is 0 Å². The van der Waals surface area contributed by atoms with Gasteiger partial charge in [0.1, 0.15) is 25.4 Å². The minimum Gasteiger partial charge on any atom is -0.463 e. The number of hydrogen-bond acceptors (Lipinski definition) is 14. The molecule has 5 unspecified atom stereocenters. The maximum atomic E-state index is 12.9. The first-order valence-corrected chi connectivity index (χ1v) is 46.5. The Morgan fingerprint density at radius 2 is 0.495 bits per heavy atom. The van der Waals surface area contributed by atoms with Crippen molar-refractivity contribution >= 4 is 33.6 Å². The average molecular weight is 1570 g/mol. The van der Waals surface area contributed by atoms with E-state index in [0.29, 0.717) is 19.3 Å². The third-order valence-electron chi connectivity index (χ3n) is 18.3. The predicted molar refractivity (Wildman–Crippen MR) is 454 cm³/mol. The fourth-order valence-electron chi connectivity index (χ4n) is 11.7. The van der Waals surface area contributed by atoms with Gasteiger partial charge < -0.3 is 34.2 Å². The molecule has 0 aliphatic carbocycles. The van der Waals surface area contributed by atoms with E-state index in [4.69, 9.17) is 32.3 Å². The molecule has 18 heteroatoms. The lowest BCUT2D eigenvalue weighted by atomic mass is 10.0. The number of carbonyl (C=O) groups excluding carboxylic acids is 3. The van der Waals surface area contributed by atoms with Crippen LogP contribution in [0.25, 0.3) is 0 Å². The molecule has 0 aliphatic heterocycles. The summed E-state index contributed by atoms with van der Waals surface area (Å²) in [6.45, 7) is 2.52. The molecule has 0 spiro atoms. The van der Waals surface area contributed by atoms with E-state index in [1.807, 2.05) is 0 Å². The highest BCUT2D eigenvalue weighted by Gasteiger charge is 2.29. The molecule has 5 atom stereocenters. The van der Waals surface area contributed by atoms with Crippen molar-refractivity contribution in [1.82, 2.24) is 0 Å². The first-order chi connectivity index (χ1) is 53.2. The lowest BCUT2D eigenvalue weighted by Crippen LogP contribution is -2.30. The van der Waals surface area contributed by atoms with Crippen LogP contribution in [0.5, 0.6) is 0 Å². The molecular weight excluding hydrogens is 1410 g/mol. The highest BCUT2D eigenvalue weighted by molar-refractivity contribution is 7.47. The van der Waals surface area contributed by atoms with E-state index in [-0.39, 0.29) is 19.3 Å².